The lowest BCUT2D eigenvalue weighted by Crippen LogP contribution is -2.11. The van der Waals surface area contributed by atoms with Crippen LogP contribution < -0.4 is 4.74 Å². The molecule has 106 valence electrons. The molecule has 0 aromatic heterocycles. The van der Waals surface area contributed by atoms with Gasteiger partial charge in [0.05, 0.1) is 13.7 Å². The largest absolute Gasteiger partial charge is 0.504 e. The van der Waals surface area contributed by atoms with Crippen LogP contribution in [0.25, 0.3) is 6.08 Å². The number of ether oxygens (including phenoxy) is 3. The molecule has 0 amide bonds. The smallest absolute Gasteiger partial charge is 0.348 e. The van der Waals surface area contributed by atoms with E-state index in [0.717, 1.165) is 0 Å². The fourth-order valence-electron chi connectivity index (χ4n) is 1.38. The minimum atomic E-state index is -0.725. The number of nitriles is 1. The average Bonchev–Trinajstić information content (AvgIpc) is 2.46. The highest BCUT2D eigenvalue weighted by molar-refractivity contribution is 5.97. The molecule has 0 aliphatic heterocycles. The number of hydrogen-bond donors (Lipinski definition) is 1. The van der Waals surface area contributed by atoms with Crippen molar-refractivity contribution < 1.29 is 24.1 Å². The number of methoxy groups -OCH3 is 2. The molecular formula is C14H15NO5. The van der Waals surface area contributed by atoms with Gasteiger partial charge < -0.3 is 19.3 Å². The summed E-state index contributed by atoms with van der Waals surface area (Å²) in [5.74, 6) is -0.494. The summed E-state index contributed by atoms with van der Waals surface area (Å²) in [6, 6.07) is 6.25. The van der Waals surface area contributed by atoms with Crippen molar-refractivity contribution in [3.05, 3.63) is 29.3 Å². The van der Waals surface area contributed by atoms with Crippen LogP contribution in [0.1, 0.15) is 5.56 Å². The number of phenolic OH excluding ortho intramolecular Hbond substituents is 1. The normalized spacial score (nSPS) is 10.8. The number of phenols is 1. The van der Waals surface area contributed by atoms with Crippen molar-refractivity contribution in [3.8, 4) is 17.6 Å². The van der Waals surface area contributed by atoms with Crippen molar-refractivity contribution >= 4 is 12.0 Å². The Morgan fingerprint density at radius 3 is 2.75 bits per heavy atom. The van der Waals surface area contributed by atoms with Crippen LogP contribution >= 0.6 is 0 Å². The molecule has 1 rings (SSSR count). The van der Waals surface area contributed by atoms with E-state index in [1.54, 1.807) is 12.1 Å². The van der Waals surface area contributed by atoms with E-state index in [4.69, 9.17) is 19.5 Å². The van der Waals surface area contributed by atoms with Crippen LogP contribution in [0.4, 0.5) is 0 Å². The highest BCUT2D eigenvalue weighted by atomic mass is 16.6. The van der Waals surface area contributed by atoms with Gasteiger partial charge in [0.1, 0.15) is 18.2 Å². The number of carbonyl (C=O) groups is 1. The van der Waals surface area contributed by atoms with E-state index in [-0.39, 0.29) is 30.3 Å². The predicted molar refractivity (Wildman–Crippen MR) is 71.1 cm³/mol. The van der Waals surface area contributed by atoms with Crippen LogP contribution in [0.5, 0.6) is 11.5 Å². The highest BCUT2D eigenvalue weighted by Crippen LogP contribution is 2.27. The Morgan fingerprint density at radius 2 is 2.15 bits per heavy atom. The number of nitrogens with zero attached hydrogens (tertiary/aromatic N) is 1. The summed E-state index contributed by atoms with van der Waals surface area (Å²) >= 11 is 0. The van der Waals surface area contributed by atoms with Crippen LogP contribution in [0.15, 0.2) is 23.8 Å². The number of rotatable bonds is 6. The maximum Gasteiger partial charge on any atom is 0.348 e. The van der Waals surface area contributed by atoms with E-state index in [0.29, 0.717) is 5.56 Å². The van der Waals surface area contributed by atoms with E-state index in [9.17, 15) is 9.90 Å². The third kappa shape index (κ3) is 4.30. The van der Waals surface area contributed by atoms with Gasteiger partial charge in [0.25, 0.3) is 0 Å². The lowest BCUT2D eigenvalue weighted by molar-refractivity contribution is -0.139. The minimum Gasteiger partial charge on any atom is -0.504 e. The van der Waals surface area contributed by atoms with Gasteiger partial charge >= 0.3 is 5.97 Å². The second-order valence-electron chi connectivity index (χ2n) is 3.73. The molecule has 0 saturated heterocycles. The van der Waals surface area contributed by atoms with Crippen molar-refractivity contribution in [3.63, 3.8) is 0 Å². The molecule has 1 N–H and O–H groups in total. The zero-order chi connectivity index (χ0) is 15.0. The maximum atomic E-state index is 11.6. The summed E-state index contributed by atoms with van der Waals surface area (Å²) in [5.41, 5.74) is 0.397. The minimum absolute atomic E-state index is 0.0224. The van der Waals surface area contributed by atoms with Crippen molar-refractivity contribution in [2.45, 2.75) is 0 Å². The maximum absolute atomic E-state index is 11.6. The van der Waals surface area contributed by atoms with Crippen molar-refractivity contribution in [1.29, 1.82) is 5.26 Å². The Hall–Kier alpha value is -2.52. The van der Waals surface area contributed by atoms with Gasteiger partial charge in [-0.15, -0.1) is 0 Å². The lowest BCUT2D eigenvalue weighted by atomic mass is 10.1. The number of benzene rings is 1. The third-order valence-electron chi connectivity index (χ3n) is 2.38. The van der Waals surface area contributed by atoms with E-state index >= 15 is 0 Å². The first kappa shape index (κ1) is 15.5. The number of aromatic hydroxyl groups is 1. The zero-order valence-corrected chi connectivity index (χ0v) is 11.3. The second kappa shape index (κ2) is 7.81. The Kier molecular flexibility index (Phi) is 6.07. The van der Waals surface area contributed by atoms with Crippen LogP contribution in [0.3, 0.4) is 0 Å². The standard InChI is InChI=1S/C14H15NO5/c1-18-5-6-20-14(17)11(9-15)7-10-3-4-12(16)13(8-10)19-2/h3-4,7-8,16H,5-6H2,1-2H3. The van der Waals surface area contributed by atoms with Crippen molar-refractivity contribution in [1.82, 2.24) is 0 Å². The summed E-state index contributed by atoms with van der Waals surface area (Å²) in [7, 11) is 2.89. The molecular weight excluding hydrogens is 262 g/mol. The fourth-order valence-corrected chi connectivity index (χ4v) is 1.38. The number of hydrogen-bond acceptors (Lipinski definition) is 6. The van der Waals surface area contributed by atoms with Crippen molar-refractivity contribution in [2.24, 2.45) is 0 Å². The van der Waals surface area contributed by atoms with Gasteiger partial charge in [-0.3, -0.25) is 0 Å². The Morgan fingerprint density at radius 1 is 1.40 bits per heavy atom. The van der Waals surface area contributed by atoms with E-state index in [1.807, 2.05) is 0 Å². The first-order valence-electron chi connectivity index (χ1n) is 5.77. The molecule has 1 aromatic rings. The molecule has 6 heteroatoms. The van der Waals surface area contributed by atoms with Crippen LogP contribution in [0, 0.1) is 11.3 Å². The highest BCUT2D eigenvalue weighted by Gasteiger charge is 2.11. The monoisotopic (exact) mass is 277 g/mol. The van der Waals surface area contributed by atoms with Crippen LogP contribution in [0.2, 0.25) is 0 Å². The van der Waals surface area contributed by atoms with Gasteiger partial charge in [0.15, 0.2) is 11.5 Å². The summed E-state index contributed by atoms with van der Waals surface area (Å²) in [5, 5.41) is 18.4. The lowest BCUT2D eigenvalue weighted by Gasteiger charge is -2.05. The van der Waals surface area contributed by atoms with E-state index < -0.39 is 5.97 Å². The molecule has 0 radical (unpaired) electrons. The first-order valence-corrected chi connectivity index (χ1v) is 5.77. The average molecular weight is 277 g/mol. The SMILES string of the molecule is COCCOC(=O)C(C#N)=Cc1ccc(O)c(OC)c1. The molecule has 0 heterocycles. The molecule has 0 spiro atoms. The quantitative estimate of drug-likeness (QED) is 0.367. The van der Waals surface area contributed by atoms with E-state index in [1.165, 1.54) is 32.4 Å². The molecule has 1 aromatic carbocycles. The van der Waals surface area contributed by atoms with Crippen LogP contribution in [-0.2, 0) is 14.3 Å². The number of esters is 1. The van der Waals surface area contributed by atoms with Gasteiger partial charge in [-0.05, 0) is 23.8 Å². The topological polar surface area (TPSA) is 88.8 Å². The van der Waals surface area contributed by atoms with E-state index in [2.05, 4.69) is 0 Å². The molecule has 20 heavy (non-hydrogen) atoms. The first-order chi connectivity index (χ1) is 9.62. The van der Waals surface area contributed by atoms with Gasteiger partial charge in [-0.25, -0.2) is 4.79 Å². The van der Waals surface area contributed by atoms with Gasteiger partial charge in [-0.1, -0.05) is 6.07 Å². The van der Waals surface area contributed by atoms with Gasteiger partial charge in [0, 0.05) is 7.11 Å². The fraction of sp³-hybridized carbons (Fsp3) is 0.286. The molecule has 0 atom stereocenters. The van der Waals surface area contributed by atoms with Gasteiger partial charge in [-0.2, -0.15) is 5.26 Å². The zero-order valence-electron chi connectivity index (χ0n) is 11.3. The molecule has 0 aliphatic rings. The predicted octanol–water partition coefficient (Wildman–Crippen LogP) is 1.50. The van der Waals surface area contributed by atoms with Gasteiger partial charge in [0.2, 0.25) is 0 Å². The number of carbonyl (C=O) groups excluding carboxylic acids is 1. The van der Waals surface area contributed by atoms with Crippen molar-refractivity contribution in [2.75, 3.05) is 27.4 Å². The molecule has 6 nitrogen and oxygen atoms in total. The molecule has 0 aliphatic carbocycles. The Bertz CT molecular complexity index is 545. The molecule has 0 bridgehead atoms. The second-order valence-corrected chi connectivity index (χ2v) is 3.73. The Labute approximate surface area is 116 Å². The Balaban J connectivity index is 2.89. The summed E-state index contributed by atoms with van der Waals surface area (Å²) < 4.78 is 14.5. The molecule has 0 fully saturated rings. The van der Waals surface area contributed by atoms with Crippen LogP contribution in [-0.4, -0.2) is 38.5 Å². The summed E-state index contributed by atoms with van der Waals surface area (Å²) in [4.78, 5) is 11.6. The molecule has 0 saturated carbocycles. The summed E-state index contributed by atoms with van der Waals surface area (Å²) in [6.07, 6.45) is 1.36. The third-order valence-corrected chi connectivity index (χ3v) is 2.38. The molecule has 0 unspecified atom stereocenters. The summed E-state index contributed by atoms with van der Waals surface area (Å²) in [6.45, 7) is 0.338.